The lowest BCUT2D eigenvalue weighted by atomic mass is 10.2. The average molecular weight is 244 g/mol. The third-order valence-corrected chi connectivity index (χ3v) is 3.95. The molecule has 88 valence electrons. The van der Waals surface area contributed by atoms with Crippen LogP contribution in [0.15, 0.2) is 41.8 Å². The zero-order chi connectivity index (χ0) is 11.5. The van der Waals surface area contributed by atoms with Crippen molar-refractivity contribution in [3.05, 3.63) is 46.7 Å². The Kier molecular flexibility index (Phi) is 3.01. The summed E-state index contributed by atoms with van der Waals surface area (Å²) in [5.74, 6) is 0. The monoisotopic (exact) mass is 244 g/mol. The van der Waals surface area contributed by atoms with Crippen molar-refractivity contribution in [2.45, 2.75) is 13.0 Å². The molecule has 1 aliphatic rings. The lowest BCUT2D eigenvalue weighted by molar-refractivity contribution is 0.770. The molecule has 1 aliphatic heterocycles. The summed E-state index contributed by atoms with van der Waals surface area (Å²) in [5, 5.41) is 5.65. The maximum atomic E-state index is 3.50. The Morgan fingerprint density at radius 2 is 2.12 bits per heavy atom. The van der Waals surface area contributed by atoms with Gasteiger partial charge in [0.05, 0.1) is 17.9 Å². The van der Waals surface area contributed by atoms with Crippen LogP contribution in [0, 0.1) is 0 Å². The molecule has 0 unspecified atom stereocenters. The number of para-hydroxylation sites is 2. The zero-order valence-corrected chi connectivity index (χ0v) is 10.5. The Labute approximate surface area is 106 Å². The molecule has 2 heterocycles. The van der Waals surface area contributed by atoms with Gasteiger partial charge in [-0.15, -0.1) is 11.3 Å². The number of thiophene rings is 1. The Morgan fingerprint density at radius 3 is 3.00 bits per heavy atom. The fourth-order valence-corrected chi connectivity index (χ4v) is 2.99. The third-order valence-electron chi connectivity index (χ3n) is 3.09. The van der Waals surface area contributed by atoms with Crippen molar-refractivity contribution in [1.82, 2.24) is 0 Å². The summed E-state index contributed by atoms with van der Waals surface area (Å²) in [4.78, 5) is 3.91. The fourth-order valence-electron chi connectivity index (χ4n) is 2.27. The molecule has 0 spiro atoms. The molecule has 0 saturated carbocycles. The zero-order valence-electron chi connectivity index (χ0n) is 9.73. The van der Waals surface area contributed by atoms with E-state index in [-0.39, 0.29) is 0 Å². The maximum Gasteiger partial charge on any atom is 0.0605 e. The van der Waals surface area contributed by atoms with Crippen molar-refractivity contribution in [1.29, 1.82) is 0 Å². The second-order valence-corrected chi connectivity index (χ2v) is 5.33. The molecule has 3 heteroatoms. The highest BCUT2D eigenvalue weighted by atomic mass is 32.1. The first-order valence-electron chi connectivity index (χ1n) is 6.04. The molecule has 17 heavy (non-hydrogen) atoms. The molecule has 3 rings (SSSR count). The average Bonchev–Trinajstić information content (AvgIpc) is 2.78. The highest BCUT2D eigenvalue weighted by molar-refractivity contribution is 7.09. The molecule has 0 amide bonds. The normalized spacial score (nSPS) is 14.9. The molecule has 0 radical (unpaired) electrons. The maximum absolute atomic E-state index is 3.50. The van der Waals surface area contributed by atoms with Gasteiger partial charge in [0.25, 0.3) is 0 Å². The molecule has 0 fully saturated rings. The van der Waals surface area contributed by atoms with Gasteiger partial charge in [-0.25, -0.2) is 0 Å². The molecule has 1 N–H and O–H groups in total. The summed E-state index contributed by atoms with van der Waals surface area (Å²) < 4.78 is 0. The van der Waals surface area contributed by atoms with Crippen LogP contribution in [0.2, 0.25) is 0 Å². The fraction of sp³-hybridized carbons (Fsp3) is 0.286. The highest BCUT2D eigenvalue weighted by Crippen LogP contribution is 2.29. The first kappa shape index (κ1) is 10.7. The van der Waals surface area contributed by atoms with Gasteiger partial charge < -0.3 is 10.2 Å². The van der Waals surface area contributed by atoms with E-state index in [1.54, 1.807) is 0 Å². The lowest BCUT2D eigenvalue weighted by Gasteiger charge is -2.23. The summed E-state index contributed by atoms with van der Waals surface area (Å²) in [5.41, 5.74) is 2.60. The summed E-state index contributed by atoms with van der Waals surface area (Å²) >= 11 is 1.84. The van der Waals surface area contributed by atoms with E-state index in [9.17, 15) is 0 Å². The number of nitrogens with zero attached hydrogens (tertiary/aromatic N) is 1. The molecular formula is C14H16N2S. The van der Waals surface area contributed by atoms with E-state index < -0.39 is 0 Å². The predicted molar refractivity (Wildman–Crippen MR) is 74.9 cm³/mol. The summed E-state index contributed by atoms with van der Waals surface area (Å²) in [7, 11) is 0. The Balaban J connectivity index is 1.89. The van der Waals surface area contributed by atoms with Gasteiger partial charge in [0.15, 0.2) is 0 Å². The summed E-state index contributed by atoms with van der Waals surface area (Å²) in [6.45, 7) is 3.22. The molecule has 0 atom stereocenters. The van der Waals surface area contributed by atoms with Crippen molar-refractivity contribution in [3.8, 4) is 0 Å². The molecule has 1 aromatic carbocycles. The van der Waals surface area contributed by atoms with Crippen LogP contribution < -0.4 is 10.2 Å². The predicted octanol–water partition coefficient (Wildman–Crippen LogP) is 3.57. The van der Waals surface area contributed by atoms with Crippen LogP contribution in [0.25, 0.3) is 0 Å². The van der Waals surface area contributed by atoms with E-state index in [1.165, 1.54) is 22.7 Å². The van der Waals surface area contributed by atoms with Crippen LogP contribution in [-0.4, -0.2) is 13.1 Å². The van der Waals surface area contributed by atoms with Crippen LogP contribution in [0.4, 0.5) is 11.4 Å². The SMILES string of the molecule is c1csc(CN2CCCNc3ccccc32)c1. The Bertz CT molecular complexity index is 479. The number of fused-ring (bicyclic) bond motifs is 1. The van der Waals surface area contributed by atoms with Crippen molar-refractivity contribution in [2.24, 2.45) is 0 Å². The van der Waals surface area contributed by atoms with Gasteiger partial charge in [-0.2, -0.15) is 0 Å². The van der Waals surface area contributed by atoms with E-state index >= 15 is 0 Å². The van der Waals surface area contributed by atoms with E-state index in [2.05, 4.69) is 52.0 Å². The highest BCUT2D eigenvalue weighted by Gasteiger charge is 2.14. The molecular weight excluding hydrogens is 228 g/mol. The number of benzene rings is 1. The molecule has 0 bridgehead atoms. The van der Waals surface area contributed by atoms with Gasteiger partial charge >= 0.3 is 0 Å². The minimum atomic E-state index is 1.02. The van der Waals surface area contributed by atoms with Crippen LogP contribution in [0.5, 0.6) is 0 Å². The molecule has 2 nitrogen and oxygen atoms in total. The number of nitrogens with one attached hydrogen (secondary N) is 1. The van der Waals surface area contributed by atoms with Gasteiger partial charge in [-0.3, -0.25) is 0 Å². The standard InChI is InChI=1S/C14H16N2S/c1-2-7-14-13(6-1)15-8-4-9-16(14)11-12-5-3-10-17-12/h1-3,5-7,10,15H,4,8-9,11H2. The summed E-state index contributed by atoms with van der Waals surface area (Å²) in [6, 6.07) is 12.9. The van der Waals surface area contributed by atoms with Crippen molar-refractivity contribution < 1.29 is 0 Å². The topological polar surface area (TPSA) is 15.3 Å². The third kappa shape index (κ3) is 2.29. The lowest BCUT2D eigenvalue weighted by Crippen LogP contribution is -2.22. The van der Waals surface area contributed by atoms with Gasteiger partial charge in [0, 0.05) is 18.0 Å². The largest absolute Gasteiger partial charge is 0.383 e. The quantitative estimate of drug-likeness (QED) is 0.868. The number of hydrogen-bond acceptors (Lipinski definition) is 3. The van der Waals surface area contributed by atoms with E-state index in [1.807, 2.05) is 11.3 Å². The van der Waals surface area contributed by atoms with E-state index in [0.29, 0.717) is 0 Å². The van der Waals surface area contributed by atoms with E-state index in [4.69, 9.17) is 0 Å². The van der Waals surface area contributed by atoms with Gasteiger partial charge in [-0.1, -0.05) is 18.2 Å². The minimum absolute atomic E-state index is 1.02. The first-order valence-corrected chi connectivity index (χ1v) is 6.92. The molecule has 0 saturated heterocycles. The smallest absolute Gasteiger partial charge is 0.0605 e. The van der Waals surface area contributed by atoms with Gasteiger partial charge in [0.1, 0.15) is 0 Å². The molecule has 0 aliphatic carbocycles. The second kappa shape index (κ2) is 4.80. The second-order valence-electron chi connectivity index (χ2n) is 4.30. The summed E-state index contributed by atoms with van der Waals surface area (Å²) in [6.07, 6.45) is 1.19. The van der Waals surface area contributed by atoms with Crippen LogP contribution in [-0.2, 0) is 6.54 Å². The first-order chi connectivity index (χ1) is 8.43. The van der Waals surface area contributed by atoms with Crippen molar-refractivity contribution in [3.63, 3.8) is 0 Å². The van der Waals surface area contributed by atoms with Crippen molar-refractivity contribution in [2.75, 3.05) is 23.3 Å². The Hall–Kier alpha value is -1.48. The van der Waals surface area contributed by atoms with Crippen LogP contribution in [0.3, 0.4) is 0 Å². The Morgan fingerprint density at radius 1 is 1.18 bits per heavy atom. The molecule has 1 aromatic heterocycles. The van der Waals surface area contributed by atoms with Gasteiger partial charge in [0.2, 0.25) is 0 Å². The van der Waals surface area contributed by atoms with Crippen LogP contribution in [0.1, 0.15) is 11.3 Å². The molecule has 2 aromatic rings. The van der Waals surface area contributed by atoms with Crippen molar-refractivity contribution >= 4 is 22.7 Å². The van der Waals surface area contributed by atoms with E-state index in [0.717, 1.165) is 19.6 Å². The van der Waals surface area contributed by atoms with Gasteiger partial charge in [-0.05, 0) is 30.0 Å². The van der Waals surface area contributed by atoms with Crippen LogP contribution >= 0.6 is 11.3 Å². The number of anilines is 2. The number of rotatable bonds is 2. The minimum Gasteiger partial charge on any atom is -0.383 e. The number of hydrogen-bond donors (Lipinski definition) is 1.